The smallest absolute Gasteiger partial charge is 0.259 e. The van der Waals surface area contributed by atoms with Crippen molar-refractivity contribution >= 4 is 40.5 Å². The van der Waals surface area contributed by atoms with Crippen LogP contribution >= 0.6 is 0 Å². The summed E-state index contributed by atoms with van der Waals surface area (Å²) in [4.78, 5) is 43.4. The second-order valence-corrected chi connectivity index (χ2v) is 8.59. The first-order valence-electron chi connectivity index (χ1n) is 11.6. The number of rotatable bonds is 8. The molecule has 2 unspecified atom stereocenters. The minimum atomic E-state index is -0.925. The number of aliphatic imine (C=N–C) groups is 1. The van der Waals surface area contributed by atoms with Crippen LogP contribution in [0.15, 0.2) is 42.0 Å². The summed E-state index contributed by atoms with van der Waals surface area (Å²) in [6.45, 7) is 1.57. The van der Waals surface area contributed by atoms with Gasteiger partial charge in [-0.2, -0.15) is 4.39 Å². The Hall–Kier alpha value is -4.23. The number of hydrogen-bond acceptors (Lipinski definition) is 10. The minimum Gasteiger partial charge on any atom is -0.404 e. The molecule has 0 radical (unpaired) electrons. The predicted molar refractivity (Wildman–Crippen MR) is 137 cm³/mol. The molecule has 37 heavy (non-hydrogen) atoms. The van der Waals surface area contributed by atoms with Crippen molar-refractivity contribution < 1.29 is 18.7 Å². The van der Waals surface area contributed by atoms with Crippen LogP contribution in [0.4, 0.5) is 15.8 Å². The van der Waals surface area contributed by atoms with Crippen molar-refractivity contribution in [2.75, 3.05) is 37.3 Å². The van der Waals surface area contributed by atoms with Gasteiger partial charge >= 0.3 is 0 Å². The number of carbonyl (C=O) groups excluding carboxylic acids is 2. The first kappa shape index (κ1) is 25.9. The quantitative estimate of drug-likeness (QED) is 0.227. The fourth-order valence-corrected chi connectivity index (χ4v) is 4.25. The fourth-order valence-electron chi connectivity index (χ4n) is 4.25. The van der Waals surface area contributed by atoms with Gasteiger partial charge in [0, 0.05) is 44.3 Å². The molecule has 0 saturated carbocycles. The van der Waals surface area contributed by atoms with E-state index in [9.17, 15) is 14.0 Å². The van der Waals surface area contributed by atoms with Gasteiger partial charge in [-0.1, -0.05) is 0 Å². The topological polar surface area (TPSA) is 174 Å². The zero-order valence-electron chi connectivity index (χ0n) is 20.2. The second-order valence-electron chi connectivity index (χ2n) is 8.59. The number of fused-ring (bicyclic) bond motifs is 2. The molecule has 2 saturated heterocycles. The Kier molecular flexibility index (Phi) is 8.15. The molecule has 2 fully saturated rings. The number of nitrogens with zero attached hydrogens (tertiary/aromatic N) is 5. The normalized spacial score (nSPS) is 20.3. The van der Waals surface area contributed by atoms with E-state index in [1.165, 1.54) is 37.1 Å². The SMILES string of the molecule is CN=C/C(=C\N)c1cnc(/C(=C\N)C(=O)Nc2cc(NC(=O)CN3CC4CCC(C3)O4)cnc2F)cn1. The molecular weight excluding hydrogens is 481 g/mol. The lowest BCUT2D eigenvalue weighted by atomic mass is 10.1. The third-order valence-electron chi connectivity index (χ3n) is 5.94. The van der Waals surface area contributed by atoms with Crippen molar-refractivity contribution in [3.63, 3.8) is 0 Å². The van der Waals surface area contributed by atoms with Crippen LogP contribution in [0.3, 0.4) is 0 Å². The van der Waals surface area contributed by atoms with E-state index in [-0.39, 0.29) is 47.3 Å². The Balaban J connectivity index is 1.40. The second kappa shape index (κ2) is 11.7. The van der Waals surface area contributed by atoms with E-state index in [1.54, 1.807) is 7.05 Å². The third-order valence-corrected chi connectivity index (χ3v) is 5.94. The van der Waals surface area contributed by atoms with Gasteiger partial charge < -0.3 is 26.8 Å². The third kappa shape index (κ3) is 6.32. The van der Waals surface area contributed by atoms with E-state index in [2.05, 4.69) is 30.6 Å². The number of halogens is 1. The number of carbonyl (C=O) groups is 2. The minimum absolute atomic E-state index is 0.0442. The molecule has 2 bridgehead atoms. The number of amides is 2. The standard InChI is InChI=1S/C24H28FN9O3/c1-28-7-14(5-26)20-9-30-21(10-29-20)18(6-27)24(36)33-19-4-15(8-31-23(19)25)32-22(35)13-34-11-16-2-3-17(12-34)37-16/h4-10,16-17H,2-3,11-13,26-27H2,1H3,(H,32,35)(H,33,36)/b14-5+,18-6+,28-7?. The summed E-state index contributed by atoms with van der Waals surface area (Å²) in [5.74, 6) is -1.93. The van der Waals surface area contributed by atoms with Crippen molar-refractivity contribution in [2.45, 2.75) is 25.0 Å². The Morgan fingerprint density at radius 3 is 2.43 bits per heavy atom. The zero-order valence-corrected chi connectivity index (χ0v) is 20.2. The highest BCUT2D eigenvalue weighted by Crippen LogP contribution is 2.26. The number of nitrogens with two attached hydrogens (primary N) is 2. The molecule has 2 aliphatic heterocycles. The highest BCUT2D eigenvalue weighted by molar-refractivity contribution is 6.24. The van der Waals surface area contributed by atoms with Gasteiger partial charge in [0.25, 0.3) is 5.91 Å². The molecule has 2 aromatic rings. The Labute approximate surface area is 212 Å². The van der Waals surface area contributed by atoms with Gasteiger partial charge in [-0.25, -0.2) is 4.98 Å². The van der Waals surface area contributed by atoms with Crippen LogP contribution < -0.4 is 22.1 Å². The van der Waals surface area contributed by atoms with Gasteiger partial charge in [-0.05, 0) is 18.9 Å². The van der Waals surface area contributed by atoms with Gasteiger partial charge in [0.05, 0.1) is 65.7 Å². The number of ether oxygens (including phenoxy) is 1. The molecule has 4 heterocycles. The first-order valence-corrected chi connectivity index (χ1v) is 11.6. The van der Waals surface area contributed by atoms with E-state index in [0.717, 1.165) is 19.0 Å². The summed E-state index contributed by atoms with van der Waals surface area (Å²) in [6.07, 6.45) is 10.1. The Morgan fingerprint density at radius 2 is 1.81 bits per heavy atom. The Morgan fingerprint density at radius 1 is 1.11 bits per heavy atom. The van der Waals surface area contributed by atoms with Crippen molar-refractivity contribution in [1.82, 2.24) is 19.9 Å². The van der Waals surface area contributed by atoms with Crippen molar-refractivity contribution in [3.05, 3.63) is 54.4 Å². The monoisotopic (exact) mass is 509 g/mol. The van der Waals surface area contributed by atoms with E-state index < -0.39 is 11.9 Å². The molecule has 0 aliphatic carbocycles. The van der Waals surface area contributed by atoms with Crippen LogP contribution in [0.1, 0.15) is 24.2 Å². The number of aromatic nitrogens is 3. The molecule has 0 spiro atoms. The average Bonchev–Trinajstić information content (AvgIpc) is 3.23. The molecule has 4 rings (SSSR count). The van der Waals surface area contributed by atoms with Crippen LogP contribution in [-0.2, 0) is 14.3 Å². The molecule has 2 aliphatic rings. The summed E-state index contributed by atoms with van der Waals surface area (Å²) in [5, 5.41) is 5.12. The number of pyridine rings is 1. The van der Waals surface area contributed by atoms with Crippen molar-refractivity contribution in [2.24, 2.45) is 16.5 Å². The van der Waals surface area contributed by atoms with Crippen molar-refractivity contribution in [1.29, 1.82) is 0 Å². The van der Waals surface area contributed by atoms with Crippen LogP contribution in [0, 0.1) is 5.95 Å². The molecule has 2 atom stereocenters. The summed E-state index contributed by atoms with van der Waals surface area (Å²) in [7, 11) is 1.59. The summed E-state index contributed by atoms with van der Waals surface area (Å²) >= 11 is 0. The average molecular weight is 510 g/mol. The number of anilines is 2. The molecule has 12 nitrogen and oxygen atoms in total. The van der Waals surface area contributed by atoms with Crippen LogP contribution in [0.25, 0.3) is 11.1 Å². The fraction of sp³-hybridized carbons (Fsp3) is 0.333. The zero-order chi connectivity index (χ0) is 26.4. The first-order chi connectivity index (χ1) is 17.9. The highest BCUT2D eigenvalue weighted by atomic mass is 19.1. The van der Waals surface area contributed by atoms with Gasteiger partial charge in [0.15, 0.2) is 0 Å². The van der Waals surface area contributed by atoms with E-state index in [0.29, 0.717) is 24.4 Å². The van der Waals surface area contributed by atoms with Crippen LogP contribution in [-0.4, -0.2) is 76.8 Å². The summed E-state index contributed by atoms with van der Waals surface area (Å²) < 4.78 is 20.2. The van der Waals surface area contributed by atoms with Crippen LogP contribution in [0.2, 0.25) is 0 Å². The lowest BCUT2D eigenvalue weighted by Crippen LogP contribution is -2.45. The highest BCUT2D eigenvalue weighted by Gasteiger charge is 2.34. The lowest BCUT2D eigenvalue weighted by molar-refractivity contribution is -0.119. The van der Waals surface area contributed by atoms with Gasteiger partial charge in [0.1, 0.15) is 0 Å². The van der Waals surface area contributed by atoms with E-state index in [1.807, 2.05) is 4.90 Å². The molecule has 0 aromatic carbocycles. The molecule has 6 N–H and O–H groups in total. The lowest BCUT2D eigenvalue weighted by Gasteiger charge is -2.31. The maximum absolute atomic E-state index is 14.4. The maximum atomic E-state index is 14.4. The van der Waals surface area contributed by atoms with E-state index >= 15 is 0 Å². The molecule has 194 valence electrons. The number of likely N-dealkylation sites (tertiary alicyclic amines) is 1. The number of morpholine rings is 1. The predicted octanol–water partition coefficient (Wildman–Crippen LogP) is 0.751. The maximum Gasteiger partial charge on any atom is 0.259 e. The number of allylic oxidation sites excluding steroid dienone is 1. The van der Waals surface area contributed by atoms with E-state index in [4.69, 9.17) is 16.2 Å². The largest absolute Gasteiger partial charge is 0.404 e. The van der Waals surface area contributed by atoms with Crippen molar-refractivity contribution in [3.8, 4) is 0 Å². The summed E-state index contributed by atoms with van der Waals surface area (Å²) in [5.41, 5.74) is 12.3. The number of hydrogen-bond donors (Lipinski definition) is 4. The Bertz CT molecular complexity index is 1230. The number of nitrogens with one attached hydrogen (secondary N) is 2. The van der Waals surface area contributed by atoms with Gasteiger partial charge in [-0.3, -0.25) is 29.4 Å². The van der Waals surface area contributed by atoms with Gasteiger partial charge in [-0.15, -0.1) is 0 Å². The molecule has 2 aromatic heterocycles. The molecule has 13 heteroatoms. The molecule has 2 amide bonds. The summed E-state index contributed by atoms with van der Waals surface area (Å²) in [6, 6.07) is 1.28. The van der Waals surface area contributed by atoms with Gasteiger partial charge in [0.2, 0.25) is 11.9 Å². The van der Waals surface area contributed by atoms with Crippen LogP contribution in [0.5, 0.6) is 0 Å². The molecular formula is C24H28FN9O3.